The zero-order chi connectivity index (χ0) is 22.6. The van der Waals surface area contributed by atoms with Gasteiger partial charge in [-0.05, 0) is 31.5 Å². The summed E-state index contributed by atoms with van der Waals surface area (Å²) >= 11 is 0. The summed E-state index contributed by atoms with van der Waals surface area (Å²) in [6.45, 7) is 4.49. The second-order valence-corrected chi connectivity index (χ2v) is 7.67. The molecule has 1 fully saturated rings. The monoisotopic (exact) mass is 451 g/mol. The van der Waals surface area contributed by atoms with Crippen molar-refractivity contribution < 1.29 is 17.9 Å². The molecule has 11 heteroatoms. The zero-order valence-electron chi connectivity index (χ0n) is 18.0. The molecule has 0 aromatic carbocycles. The Bertz CT molecular complexity index is 877. The Kier molecular flexibility index (Phi) is 6.85. The predicted octanol–water partition coefficient (Wildman–Crippen LogP) is 2.42. The van der Waals surface area contributed by atoms with Crippen LogP contribution in [0.4, 0.5) is 19.0 Å². The van der Waals surface area contributed by atoms with E-state index in [2.05, 4.69) is 20.6 Å². The summed E-state index contributed by atoms with van der Waals surface area (Å²) in [6, 6.07) is 5.73. The molecule has 1 aromatic rings. The van der Waals surface area contributed by atoms with Crippen LogP contribution < -0.4 is 15.6 Å². The fourth-order valence-corrected chi connectivity index (χ4v) is 3.95. The molecule has 0 aliphatic carbocycles. The van der Waals surface area contributed by atoms with E-state index in [0.717, 1.165) is 61.5 Å². The lowest BCUT2D eigenvalue weighted by Crippen LogP contribution is -2.47. The van der Waals surface area contributed by atoms with Crippen LogP contribution >= 0.6 is 0 Å². The van der Waals surface area contributed by atoms with E-state index >= 15 is 0 Å². The van der Waals surface area contributed by atoms with Gasteiger partial charge < -0.3 is 20.4 Å². The van der Waals surface area contributed by atoms with Crippen LogP contribution in [0.3, 0.4) is 0 Å². The molecular weight excluding hydrogens is 423 g/mol. The highest BCUT2D eigenvalue weighted by atomic mass is 19.4. The molecular formula is C21H28F3N7O. The van der Waals surface area contributed by atoms with Gasteiger partial charge in [0, 0.05) is 25.8 Å². The number of pyridine rings is 1. The van der Waals surface area contributed by atoms with Crippen LogP contribution in [0.25, 0.3) is 0 Å². The van der Waals surface area contributed by atoms with Gasteiger partial charge in [0.1, 0.15) is 18.1 Å². The summed E-state index contributed by atoms with van der Waals surface area (Å²) < 4.78 is 42.1. The largest absolute Gasteiger partial charge is 0.411 e. The van der Waals surface area contributed by atoms with E-state index < -0.39 is 12.8 Å². The van der Waals surface area contributed by atoms with E-state index in [0.29, 0.717) is 6.42 Å². The Hall–Kier alpha value is -2.79. The van der Waals surface area contributed by atoms with Gasteiger partial charge in [-0.25, -0.2) is 9.98 Å². The van der Waals surface area contributed by atoms with Crippen molar-refractivity contribution in [3.05, 3.63) is 47.7 Å². The van der Waals surface area contributed by atoms with Crippen molar-refractivity contribution in [2.45, 2.75) is 25.9 Å². The number of ether oxygens (including phenoxy) is 1. The van der Waals surface area contributed by atoms with E-state index in [-0.39, 0.29) is 13.2 Å². The Balaban J connectivity index is 1.62. The van der Waals surface area contributed by atoms with E-state index in [1.54, 1.807) is 17.4 Å². The maximum atomic E-state index is 12.4. The molecule has 3 aliphatic rings. The van der Waals surface area contributed by atoms with Gasteiger partial charge in [0.05, 0.1) is 30.7 Å². The molecule has 32 heavy (non-hydrogen) atoms. The number of guanidine groups is 1. The van der Waals surface area contributed by atoms with Crippen LogP contribution in [0.5, 0.6) is 0 Å². The van der Waals surface area contributed by atoms with E-state index in [9.17, 15) is 13.2 Å². The number of aromatic nitrogens is 1. The number of hydrazine groups is 1. The Labute approximate surface area is 185 Å². The zero-order valence-corrected chi connectivity index (χ0v) is 18.0. The topological polar surface area (TPSA) is 68.3 Å². The number of fused-ring (bicyclic) bond motifs is 1. The quantitative estimate of drug-likeness (QED) is 0.644. The van der Waals surface area contributed by atoms with Gasteiger partial charge in [0.15, 0.2) is 0 Å². The number of anilines is 1. The minimum atomic E-state index is -4.34. The SMILES string of the molecule is CCC1=C2C(=CN=C(N3CCCNCC3)N2c2ccccn2)N(CCOCC(F)(F)F)N1. The number of nitrogens with one attached hydrogen (secondary N) is 2. The standard InChI is InChI=1S/C21H28F3N7O/c1-2-16-19-17(30(28-16)12-13-32-15-21(22,23)24)14-27-20(29-10-5-7-25-9-11-29)31(19)18-6-3-4-8-26-18/h3-4,6,8,14,25,28H,2,5,7,9-13,15H2,1H3. The minimum absolute atomic E-state index is 0.0634. The van der Waals surface area contributed by atoms with Crippen molar-refractivity contribution in [1.82, 2.24) is 25.6 Å². The van der Waals surface area contributed by atoms with Crippen molar-refractivity contribution in [2.75, 3.05) is 50.8 Å². The smallest absolute Gasteiger partial charge is 0.370 e. The van der Waals surface area contributed by atoms with Crippen LogP contribution in [0.15, 0.2) is 52.7 Å². The molecule has 4 rings (SSSR count). The van der Waals surface area contributed by atoms with Gasteiger partial charge >= 0.3 is 6.18 Å². The van der Waals surface area contributed by atoms with Crippen LogP contribution in [-0.4, -0.2) is 73.0 Å². The van der Waals surface area contributed by atoms with Crippen molar-refractivity contribution in [1.29, 1.82) is 0 Å². The van der Waals surface area contributed by atoms with Crippen LogP contribution in [0.1, 0.15) is 19.8 Å². The Morgan fingerprint density at radius 1 is 1.19 bits per heavy atom. The normalized spacial score (nSPS) is 19.4. The highest BCUT2D eigenvalue weighted by Gasteiger charge is 2.37. The summed E-state index contributed by atoms with van der Waals surface area (Å²) in [4.78, 5) is 13.6. The average molecular weight is 451 g/mol. The van der Waals surface area contributed by atoms with E-state index in [4.69, 9.17) is 9.73 Å². The first-order valence-electron chi connectivity index (χ1n) is 10.8. The summed E-state index contributed by atoms with van der Waals surface area (Å²) in [5, 5.41) is 5.21. The van der Waals surface area contributed by atoms with Gasteiger partial charge in [0.2, 0.25) is 5.96 Å². The fourth-order valence-electron chi connectivity index (χ4n) is 3.95. The number of halogens is 3. The molecule has 1 aromatic heterocycles. The van der Waals surface area contributed by atoms with Gasteiger partial charge in [-0.3, -0.25) is 9.91 Å². The highest BCUT2D eigenvalue weighted by Crippen LogP contribution is 2.35. The summed E-state index contributed by atoms with van der Waals surface area (Å²) in [6.07, 6.45) is 0.905. The van der Waals surface area contributed by atoms with Crippen molar-refractivity contribution >= 4 is 11.8 Å². The molecule has 0 bridgehead atoms. The van der Waals surface area contributed by atoms with E-state index in [1.807, 2.05) is 30.0 Å². The van der Waals surface area contributed by atoms with Crippen molar-refractivity contribution in [3.63, 3.8) is 0 Å². The number of allylic oxidation sites excluding steroid dienone is 1. The molecule has 4 heterocycles. The minimum Gasteiger partial charge on any atom is -0.370 e. The van der Waals surface area contributed by atoms with Gasteiger partial charge in [-0.2, -0.15) is 13.2 Å². The number of nitrogens with zero attached hydrogens (tertiary/aromatic N) is 5. The second-order valence-electron chi connectivity index (χ2n) is 7.67. The van der Waals surface area contributed by atoms with Crippen molar-refractivity contribution in [3.8, 4) is 0 Å². The third-order valence-corrected chi connectivity index (χ3v) is 5.39. The molecule has 174 valence electrons. The first-order chi connectivity index (χ1) is 15.5. The summed E-state index contributed by atoms with van der Waals surface area (Å²) in [7, 11) is 0. The van der Waals surface area contributed by atoms with Gasteiger partial charge in [0.25, 0.3) is 0 Å². The predicted molar refractivity (Wildman–Crippen MR) is 115 cm³/mol. The summed E-state index contributed by atoms with van der Waals surface area (Å²) in [5.41, 5.74) is 5.99. The molecule has 3 aliphatic heterocycles. The lowest BCUT2D eigenvalue weighted by atomic mass is 10.2. The maximum Gasteiger partial charge on any atom is 0.411 e. The lowest BCUT2D eigenvalue weighted by Gasteiger charge is -2.36. The molecule has 0 unspecified atom stereocenters. The fraction of sp³-hybridized carbons (Fsp3) is 0.524. The molecule has 0 amide bonds. The van der Waals surface area contributed by atoms with Crippen LogP contribution in [0, 0.1) is 0 Å². The Morgan fingerprint density at radius 2 is 2.06 bits per heavy atom. The van der Waals surface area contributed by atoms with Crippen LogP contribution in [0.2, 0.25) is 0 Å². The molecule has 0 radical (unpaired) electrons. The van der Waals surface area contributed by atoms with Crippen molar-refractivity contribution in [2.24, 2.45) is 4.99 Å². The van der Waals surface area contributed by atoms with Crippen LogP contribution in [-0.2, 0) is 4.74 Å². The number of rotatable bonds is 6. The first-order valence-corrected chi connectivity index (χ1v) is 10.8. The maximum absolute atomic E-state index is 12.4. The third-order valence-electron chi connectivity index (χ3n) is 5.39. The first kappa shape index (κ1) is 22.4. The summed E-state index contributed by atoms with van der Waals surface area (Å²) in [5.74, 6) is 1.54. The average Bonchev–Trinajstić information content (AvgIpc) is 2.94. The second kappa shape index (κ2) is 9.78. The number of hydrogen-bond acceptors (Lipinski definition) is 8. The molecule has 0 saturated carbocycles. The number of alkyl halides is 3. The lowest BCUT2D eigenvalue weighted by molar-refractivity contribution is -0.174. The van der Waals surface area contributed by atoms with E-state index in [1.165, 1.54) is 0 Å². The molecule has 2 N–H and O–H groups in total. The molecule has 1 saturated heterocycles. The van der Waals surface area contributed by atoms with Gasteiger partial charge in [-0.15, -0.1) is 0 Å². The number of hydrogen-bond donors (Lipinski definition) is 2. The third kappa shape index (κ3) is 4.99. The highest BCUT2D eigenvalue weighted by molar-refractivity contribution is 6.01. The molecule has 8 nitrogen and oxygen atoms in total. The number of aliphatic imine (C=N–C) groups is 1. The molecule has 0 spiro atoms. The van der Waals surface area contributed by atoms with Gasteiger partial charge in [-0.1, -0.05) is 13.0 Å². The Morgan fingerprint density at radius 3 is 2.81 bits per heavy atom. The molecule has 0 atom stereocenters.